The second kappa shape index (κ2) is 5.40. The predicted molar refractivity (Wildman–Crippen MR) is 72.1 cm³/mol. The molecule has 1 atom stereocenters. The second-order valence-electron chi connectivity index (χ2n) is 4.46. The van der Waals surface area contributed by atoms with Crippen LogP contribution in [0.2, 0.25) is 0 Å². The van der Waals surface area contributed by atoms with Crippen LogP contribution in [0.4, 0.5) is 24.7 Å². The van der Waals surface area contributed by atoms with Crippen LogP contribution >= 0.6 is 0 Å². The molecule has 0 saturated heterocycles. The fraction of sp³-hybridized carbons (Fsp3) is 0.214. The van der Waals surface area contributed by atoms with Gasteiger partial charge >= 0.3 is 6.18 Å². The first kappa shape index (κ1) is 14.2. The van der Waals surface area contributed by atoms with E-state index in [9.17, 15) is 13.2 Å². The topological polar surface area (TPSA) is 50.9 Å². The number of anilines is 2. The standard InChI is InChI=1S/C14H14F3N3/c1-9(10-3-2-4-12(18)7-10)20-13-8-11(5-6-19-13)14(15,16)17/h2-9H,18H2,1H3,(H,19,20). The predicted octanol–water partition coefficient (Wildman–Crippen LogP) is 3.86. The van der Waals surface area contributed by atoms with Crippen molar-refractivity contribution in [3.63, 3.8) is 0 Å². The molecule has 2 aromatic rings. The van der Waals surface area contributed by atoms with Crippen molar-refractivity contribution in [1.29, 1.82) is 0 Å². The van der Waals surface area contributed by atoms with Gasteiger partial charge in [-0.3, -0.25) is 0 Å². The number of hydrogen-bond acceptors (Lipinski definition) is 3. The highest BCUT2D eigenvalue weighted by Crippen LogP contribution is 2.30. The summed E-state index contributed by atoms with van der Waals surface area (Å²) in [6, 6.07) is 8.89. The Morgan fingerprint density at radius 1 is 1.20 bits per heavy atom. The maximum absolute atomic E-state index is 12.6. The van der Waals surface area contributed by atoms with E-state index in [1.807, 2.05) is 13.0 Å². The number of nitrogen functional groups attached to an aromatic ring is 1. The maximum Gasteiger partial charge on any atom is 0.416 e. The van der Waals surface area contributed by atoms with Crippen molar-refractivity contribution in [2.24, 2.45) is 0 Å². The van der Waals surface area contributed by atoms with Crippen LogP contribution in [-0.2, 0) is 6.18 Å². The van der Waals surface area contributed by atoms with E-state index in [0.717, 1.165) is 23.9 Å². The van der Waals surface area contributed by atoms with Crippen LogP contribution in [0.1, 0.15) is 24.1 Å². The van der Waals surface area contributed by atoms with Gasteiger partial charge in [-0.25, -0.2) is 4.98 Å². The molecule has 0 fully saturated rings. The molecule has 0 spiro atoms. The molecule has 1 aromatic carbocycles. The lowest BCUT2D eigenvalue weighted by molar-refractivity contribution is -0.137. The molecule has 2 rings (SSSR count). The van der Waals surface area contributed by atoms with E-state index in [1.165, 1.54) is 0 Å². The monoisotopic (exact) mass is 281 g/mol. The Hall–Kier alpha value is -2.24. The molecular weight excluding hydrogens is 267 g/mol. The van der Waals surface area contributed by atoms with Gasteiger partial charge in [0, 0.05) is 11.9 Å². The fourth-order valence-electron chi connectivity index (χ4n) is 1.82. The first-order chi connectivity index (χ1) is 9.36. The first-order valence-electron chi connectivity index (χ1n) is 6.01. The summed E-state index contributed by atoms with van der Waals surface area (Å²) in [6.45, 7) is 1.83. The van der Waals surface area contributed by atoms with Gasteiger partial charge in [0.1, 0.15) is 5.82 Å². The minimum absolute atomic E-state index is 0.176. The van der Waals surface area contributed by atoms with Gasteiger partial charge in [-0.2, -0.15) is 13.2 Å². The highest BCUT2D eigenvalue weighted by Gasteiger charge is 2.30. The quantitative estimate of drug-likeness (QED) is 0.840. The molecule has 0 radical (unpaired) electrons. The number of nitrogens with zero attached hydrogens (tertiary/aromatic N) is 1. The highest BCUT2D eigenvalue weighted by molar-refractivity contribution is 5.45. The summed E-state index contributed by atoms with van der Waals surface area (Å²) in [4.78, 5) is 3.90. The molecule has 1 aromatic heterocycles. The molecule has 1 heterocycles. The zero-order valence-corrected chi connectivity index (χ0v) is 10.8. The van der Waals surface area contributed by atoms with Gasteiger partial charge in [0.15, 0.2) is 0 Å². The number of alkyl halides is 3. The molecule has 0 saturated carbocycles. The molecule has 0 aliphatic carbocycles. The Morgan fingerprint density at radius 3 is 2.60 bits per heavy atom. The number of nitrogens with one attached hydrogen (secondary N) is 1. The molecule has 0 aliphatic rings. The Labute approximate surface area is 114 Å². The third kappa shape index (κ3) is 3.40. The minimum Gasteiger partial charge on any atom is -0.399 e. The summed E-state index contributed by atoms with van der Waals surface area (Å²) in [5.74, 6) is 0.176. The molecule has 1 unspecified atom stereocenters. The molecule has 0 bridgehead atoms. The lowest BCUT2D eigenvalue weighted by atomic mass is 10.1. The van der Waals surface area contributed by atoms with Crippen LogP contribution in [0.15, 0.2) is 42.6 Å². The van der Waals surface area contributed by atoms with Crippen molar-refractivity contribution in [1.82, 2.24) is 4.98 Å². The molecule has 106 valence electrons. The van der Waals surface area contributed by atoms with Gasteiger partial charge in [-0.05, 0) is 36.8 Å². The third-order valence-corrected chi connectivity index (χ3v) is 2.86. The second-order valence-corrected chi connectivity index (χ2v) is 4.46. The minimum atomic E-state index is -4.38. The number of halogens is 3. The number of hydrogen-bond donors (Lipinski definition) is 2. The third-order valence-electron chi connectivity index (χ3n) is 2.86. The van der Waals surface area contributed by atoms with Crippen LogP contribution < -0.4 is 11.1 Å². The van der Waals surface area contributed by atoms with Crippen LogP contribution in [0.5, 0.6) is 0 Å². The Bertz CT molecular complexity index is 596. The SMILES string of the molecule is CC(Nc1cc(C(F)(F)F)ccn1)c1cccc(N)c1. The number of nitrogens with two attached hydrogens (primary N) is 1. The fourth-order valence-corrected chi connectivity index (χ4v) is 1.82. The van der Waals surface area contributed by atoms with E-state index in [0.29, 0.717) is 5.69 Å². The van der Waals surface area contributed by atoms with Crippen molar-refractivity contribution in [2.45, 2.75) is 19.1 Å². The largest absolute Gasteiger partial charge is 0.416 e. The van der Waals surface area contributed by atoms with Gasteiger partial charge in [0.2, 0.25) is 0 Å². The van der Waals surface area contributed by atoms with Crippen LogP contribution in [-0.4, -0.2) is 4.98 Å². The molecule has 3 nitrogen and oxygen atoms in total. The summed E-state index contributed by atoms with van der Waals surface area (Å²) < 4.78 is 37.8. The molecule has 20 heavy (non-hydrogen) atoms. The first-order valence-corrected chi connectivity index (χ1v) is 6.01. The normalized spacial score (nSPS) is 13.0. The van der Waals surface area contributed by atoms with Crippen molar-refractivity contribution in [2.75, 3.05) is 11.1 Å². The van der Waals surface area contributed by atoms with Crippen molar-refractivity contribution < 1.29 is 13.2 Å². The van der Waals surface area contributed by atoms with Crippen LogP contribution in [0.25, 0.3) is 0 Å². The van der Waals surface area contributed by atoms with E-state index >= 15 is 0 Å². The number of benzene rings is 1. The van der Waals surface area contributed by atoms with Gasteiger partial charge in [-0.1, -0.05) is 12.1 Å². The van der Waals surface area contributed by atoms with E-state index in [2.05, 4.69) is 10.3 Å². The average molecular weight is 281 g/mol. The summed E-state index contributed by atoms with van der Waals surface area (Å²) in [5.41, 5.74) is 6.44. The van der Waals surface area contributed by atoms with Crippen LogP contribution in [0.3, 0.4) is 0 Å². The van der Waals surface area contributed by atoms with Gasteiger partial charge in [-0.15, -0.1) is 0 Å². The van der Waals surface area contributed by atoms with Gasteiger partial charge < -0.3 is 11.1 Å². The van der Waals surface area contributed by atoms with E-state index in [1.54, 1.807) is 18.2 Å². The van der Waals surface area contributed by atoms with E-state index in [-0.39, 0.29) is 11.9 Å². The average Bonchev–Trinajstić information content (AvgIpc) is 2.38. The lowest BCUT2D eigenvalue weighted by Gasteiger charge is -2.16. The van der Waals surface area contributed by atoms with E-state index in [4.69, 9.17) is 5.73 Å². The summed E-state index contributed by atoms with van der Waals surface area (Å²) in [7, 11) is 0. The summed E-state index contributed by atoms with van der Waals surface area (Å²) >= 11 is 0. The van der Waals surface area contributed by atoms with Crippen LogP contribution in [0, 0.1) is 0 Å². The number of rotatable bonds is 3. The van der Waals surface area contributed by atoms with Crippen molar-refractivity contribution in [3.05, 3.63) is 53.7 Å². The van der Waals surface area contributed by atoms with E-state index < -0.39 is 11.7 Å². The number of aromatic nitrogens is 1. The molecular formula is C14H14F3N3. The summed E-state index contributed by atoms with van der Waals surface area (Å²) in [6.07, 6.45) is -3.24. The lowest BCUT2D eigenvalue weighted by Crippen LogP contribution is -2.10. The Morgan fingerprint density at radius 2 is 1.95 bits per heavy atom. The Balaban J connectivity index is 2.18. The molecule has 0 amide bonds. The molecule has 3 N–H and O–H groups in total. The zero-order chi connectivity index (χ0) is 14.8. The maximum atomic E-state index is 12.6. The number of pyridine rings is 1. The summed E-state index contributed by atoms with van der Waals surface area (Å²) in [5, 5.41) is 2.93. The van der Waals surface area contributed by atoms with Crippen molar-refractivity contribution >= 4 is 11.5 Å². The van der Waals surface area contributed by atoms with Gasteiger partial charge in [0.05, 0.1) is 11.6 Å². The smallest absolute Gasteiger partial charge is 0.399 e. The Kier molecular flexibility index (Phi) is 3.83. The van der Waals surface area contributed by atoms with Gasteiger partial charge in [0.25, 0.3) is 0 Å². The zero-order valence-electron chi connectivity index (χ0n) is 10.8. The molecule has 6 heteroatoms. The highest BCUT2D eigenvalue weighted by atomic mass is 19.4. The molecule has 0 aliphatic heterocycles. The van der Waals surface area contributed by atoms with Crippen molar-refractivity contribution in [3.8, 4) is 0 Å².